The summed E-state index contributed by atoms with van der Waals surface area (Å²) < 4.78 is 7.22. The second-order valence-electron chi connectivity index (χ2n) is 5.84. The fourth-order valence-electron chi connectivity index (χ4n) is 2.51. The normalized spacial score (nSPS) is 10.7. The number of ether oxygens (including phenoxy) is 1. The molecule has 4 rings (SSSR count). The van der Waals surface area contributed by atoms with E-state index in [0.717, 1.165) is 16.9 Å². The van der Waals surface area contributed by atoms with Gasteiger partial charge in [0.15, 0.2) is 0 Å². The van der Waals surface area contributed by atoms with Gasteiger partial charge in [-0.05, 0) is 41.2 Å². The summed E-state index contributed by atoms with van der Waals surface area (Å²) in [4.78, 5) is 16.7. The van der Waals surface area contributed by atoms with Crippen LogP contribution in [0.2, 0.25) is 10.0 Å². The predicted octanol–water partition coefficient (Wildman–Crippen LogP) is 4.86. The Morgan fingerprint density at radius 2 is 1.90 bits per heavy atom. The number of benzene rings is 2. The zero-order valence-corrected chi connectivity index (χ0v) is 17.1. The first-order chi connectivity index (χ1) is 14.1. The Kier molecular flexibility index (Phi) is 5.75. The minimum absolute atomic E-state index is 0.313. The lowest BCUT2D eigenvalue weighted by atomic mass is 10.2. The van der Waals surface area contributed by atoms with Crippen LogP contribution in [-0.2, 0) is 6.61 Å². The van der Waals surface area contributed by atoms with Crippen molar-refractivity contribution in [2.24, 2.45) is 0 Å². The average Bonchev–Trinajstić information content (AvgIpc) is 3.37. The van der Waals surface area contributed by atoms with Crippen molar-refractivity contribution in [2.75, 3.05) is 5.32 Å². The smallest absolute Gasteiger partial charge is 0.296 e. The Balaban J connectivity index is 1.43. The van der Waals surface area contributed by atoms with E-state index >= 15 is 0 Å². The molecule has 0 aliphatic rings. The van der Waals surface area contributed by atoms with Crippen molar-refractivity contribution in [1.82, 2.24) is 19.7 Å². The second kappa shape index (κ2) is 8.60. The standard InChI is InChI=1S/C19H13Cl2N5O2S/c20-13-7-5-12(6-8-13)10-28-19-25-24-18(29-19)23-17(27)16-9-22-11-26(16)15-4-2-1-3-14(15)21/h1-9,11H,10H2,(H,23,24,27). The molecular weight excluding hydrogens is 433 g/mol. The van der Waals surface area contributed by atoms with Gasteiger partial charge in [-0.25, -0.2) is 4.98 Å². The van der Waals surface area contributed by atoms with E-state index in [9.17, 15) is 4.79 Å². The van der Waals surface area contributed by atoms with Crippen LogP contribution in [0.1, 0.15) is 16.1 Å². The van der Waals surface area contributed by atoms with Crippen LogP contribution in [0, 0.1) is 0 Å². The highest BCUT2D eigenvalue weighted by atomic mass is 35.5. The number of halogens is 2. The number of amides is 1. The lowest BCUT2D eigenvalue weighted by Crippen LogP contribution is -2.16. The van der Waals surface area contributed by atoms with Gasteiger partial charge in [0.2, 0.25) is 5.13 Å². The maximum Gasteiger partial charge on any atom is 0.296 e. The quantitative estimate of drug-likeness (QED) is 0.458. The fourth-order valence-corrected chi connectivity index (χ4v) is 3.45. The van der Waals surface area contributed by atoms with Crippen molar-refractivity contribution >= 4 is 45.6 Å². The van der Waals surface area contributed by atoms with E-state index in [-0.39, 0.29) is 5.91 Å². The molecule has 146 valence electrons. The van der Waals surface area contributed by atoms with E-state index in [0.29, 0.717) is 38.4 Å². The van der Waals surface area contributed by atoms with Crippen molar-refractivity contribution in [3.05, 3.63) is 82.4 Å². The minimum atomic E-state index is -0.386. The number of para-hydroxylation sites is 1. The Bertz CT molecular complexity index is 1140. The van der Waals surface area contributed by atoms with Crippen molar-refractivity contribution < 1.29 is 9.53 Å². The van der Waals surface area contributed by atoms with Gasteiger partial charge in [0.1, 0.15) is 12.3 Å². The Morgan fingerprint density at radius 3 is 2.69 bits per heavy atom. The van der Waals surface area contributed by atoms with E-state index in [1.54, 1.807) is 28.8 Å². The molecule has 1 N–H and O–H groups in total. The summed E-state index contributed by atoms with van der Waals surface area (Å²) in [5.74, 6) is -0.386. The number of aromatic nitrogens is 4. The summed E-state index contributed by atoms with van der Waals surface area (Å²) in [6.45, 7) is 0.318. The Morgan fingerprint density at radius 1 is 1.10 bits per heavy atom. The molecule has 1 amide bonds. The number of nitrogens with zero attached hydrogens (tertiary/aromatic N) is 4. The summed E-state index contributed by atoms with van der Waals surface area (Å²) >= 11 is 13.2. The van der Waals surface area contributed by atoms with Crippen LogP contribution < -0.4 is 10.1 Å². The van der Waals surface area contributed by atoms with Gasteiger partial charge in [-0.1, -0.05) is 52.6 Å². The van der Waals surface area contributed by atoms with Crippen LogP contribution in [0.4, 0.5) is 5.13 Å². The van der Waals surface area contributed by atoms with E-state index in [1.807, 2.05) is 24.3 Å². The van der Waals surface area contributed by atoms with Crippen molar-refractivity contribution in [2.45, 2.75) is 6.61 Å². The van der Waals surface area contributed by atoms with Gasteiger partial charge < -0.3 is 4.74 Å². The molecule has 0 aliphatic heterocycles. The maximum absolute atomic E-state index is 12.7. The topological polar surface area (TPSA) is 81.9 Å². The fraction of sp³-hybridized carbons (Fsp3) is 0.0526. The third-order valence-electron chi connectivity index (χ3n) is 3.89. The molecule has 0 saturated carbocycles. The summed E-state index contributed by atoms with van der Waals surface area (Å²) in [5, 5.41) is 12.4. The first-order valence-corrected chi connectivity index (χ1v) is 9.97. The monoisotopic (exact) mass is 445 g/mol. The lowest BCUT2D eigenvalue weighted by molar-refractivity contribution is 0.102. The molecule has 0 bridgehead atoms. The zero-order chi connectivity index (χ0) is 20.2. The number of hydrogen-bond donors (Lipinski definition) is 1. The van der Waals surface area contributed by atoms with Gasteiger partial charge in [-0.2, -0.15) is 0 Å². The first kappa shape index (κ1) is 19.4. The molecule has 4 aromatic rings. The van der Waals surface area contributed by atoms with Gasteiger partial charge in [0.05, 0.1) is 23.2 Å². The molecule has 10 heteroatoms. The summed E-state index contributed by atoms with van der Waals surface area (Å²) in [6.07, 6.45) is 2.98. The molecule has 0 fully saturated rings. The van der Waals surface area contributed by atoms with Crippen LogP contribution >= 0.6 is 34.5 Å². The highest BCUT2D eigenvalue weighted by molar-refractivity contribution is 7.17. The average molecular weight is 446 g/mol. The van der Waals surface area contributed by atoms with Crippen LogP contribution in [0.3, 0.4) is 0 Å². The summed E-state index contributed by atoms with van der Waals surface area (Å²) in [7, 11) is 0. The van der Waals surface area contributed by atoms with Crippen LogP contribution in [0.15, 0.2) is 61.1 Å². The molecule has 29 heavy (non-hydrogen) atoms. The van der Waals surface area contributed by atoms with E-state index in [1.165, 1.54) is 12.5 Å². The lowest BCUT2D eigenvalue weighted by Gasteiger charge is -2.08. The van der Waals surface area contributed by atoms with Crippen molar-refractivity contribution in [3.8, 4) is 10.9 Å². The largest absolute Gasteiger partial charge is 0.464 e. The maximum atomic E-state index is 12.7. The molecule has 0 aliphatic carbocycles. The number of imidazole rings is 1. The molecule has 2 aromatic heterocycles. The molecule has 0 atom stereocenters. The van der Waals surface area contributed by atoms with Gasteiger partial charge in [0.25, 0.3) is 11.1 Å². The van der Waals surface area contributed by atoms with Crippen LogP contribution in [-0.4, -0.2) is 25.7 Å². The van der Waals surface area contributed by atoms with Crippen LogP contribution in [0.25, 0.3) is 5.69 Å². The zero-order valence-electron chi connectivity index (χ0n) is 14.8. The molecule has 2 aromatic carbocycles. The molecule has 0 unspecified atom stereocenters. The van der Waals surface area contributed by atoms with Crippen molar-refractivity contribution in [3.63, 3.8) is 0 Å². The van der Waals surface area contributed by atoms with Crippen molar-refractivity contribution in [1.29, 1.82) is 0 Å². The molecule has 0 spiro atoms. The number of rotatable bonds is 6. The molecular formula is C19H13Cl2N5O2S. The third-order valence-corrected chi connectivity index (χ3v) is 5.21. The summed E-state index contributed by atoms with van der Waals surface area (Å²) in [6, 6.07) is 14.5. The molecule has 0 saturated heterocycles. The molecule has 0 radical (unpaired) electrons. The number of carbonyl (C=O) groups excluding carboxylic acids is 1. The Hall–Kier alpha value is -2.94. The number of carbonyl (C=O) groups is 1. The second-order valence-corrected chi connectivity index (χ2v) is 7.63. The first-order valence-electron chi connectivity index (χ1n) is 8.39. The molecule has 2 heterocycles. The number of anilines is 1. The summed E-state index contributed by atoms with van der Waals surface area (Å²) in [5.41, 5.74) is 1.91. The highest BCUT2D eigenvalue weighted by Crippen LogP contribution is 2.25. The predicted molar refractivity (Wildman–Crippen MR) is 112 cm³/mol. The van der Waals surface area contributed by atoms with Gasteiger partial charge in [0, 0.05) is 5.02 Å². The Labute approximate surface area is 179 Å². The molecule has 7 nitrogen and oxygen atoms in total. The van der Waals surface area contributed by atoms with Gasteiger partial charge in [-0.15, -0.1) is 5.10 Å². The SMILES string of the molecule is O=C(Nc1nnc(OCc2ccc(Cl)cc2)s1)c1cncn1-c1ccccc1Cl. The van der Waals surface area contributed by atoms with Gasteiger partial charge in [-0.3, -0.25) is 14.7 Å². The number of nitrogens with one attached hydrogen (secondary N) is 1. The number of hydrogen-bond acceptors (Lipinski definition) is 6. The third kappa shape index (κ3) is 4.56. The van der Waals surface area contributed by atoms with Gasteiger partial charge >= 0.3 is 0 Å². The van der Waals surface area contributed by atoms with E-state index in [4.69, 9.17) is 27.9 Å². The van der Waals surface area contributed by atoms with Crippen LogP contribution in [0.5, 0.6) is 5.19 Å². The van der Waals surface area contributed by atoms with E-state index < -0.39 is 0 Å². The highest BCUT2D eigenvalue weighted by Gasteiger charge is 2.17. The van der Waals surface area contributed by atoms with E-state index in [2.05, 4.69) is 20.5 Å². The minimum Gasteiger partial charge on any atom is -0.464 e.